The summed E-state index contributed by atoms with van der Waals surface area (Å²) >= 11 is 3.46. The number of rotatable bonds is 0. The van der Waals surface area contributed by atoms with Crippen molar-refractivity contribution in [3.8, 4) is 0 Å². The number of ether oxygens (including phenoxy) is 1. The molecule has 2 aliphatic heterocycles. The normalized spacial score (nSPS) is 67.8. The molecule has 0 aromatic carbocycles. The van der Waals surface area contributed by atoms with Crippen LogP contribution in [0.5, 0.6) is 0 Å². The number of alkyl halides is 1. The van der Waals surface area contributed by atoms with Gasteiger partial charge in [0.2, 0.25) is 0 Å². The molecule has 9 heteroatoms. The zero-order valence-corrected chi connectivity index (χ0v) is 13.8. The fraction of sp³-hybridized carbons (Fsp3) is 1.00. The van der Waals surface area contributed by atoms with Crippen molar-refractivity contribution in [2.75, 3.05) is 0 Å². The average molecular weight is 397 g/mol. The number of aliphatic hydroxyl groups is 7. The van der Waals surface area contributed by atoms with Gasteiger partial charge in [-0.1, -0.05) is 15.9 Å². The number of fused-ring (bicyclic) bond motifs is 2. The third-order valence-electron chi connectivity index (χ3n) is 6.53. The molecule has 0 radical (unpaired) electrons. The molecule has 2 heterocycles. The summed E-state index contributed by atoms with van der Waals surface area (Å²) in [5, 5.41) is 73.3. The number of hydrogen-bond donors (Lipinski definition) is 7. The molecule has 23 heavy (non-hydrogen) atoms. The highest BCUT2D eigenvalue weighted by atomic mass is 79.9. The van der Waals surface area contributed by atoms with Crippen molar-refractivity contribution in [2.45, 2.75) is 83.4 Å². The number of hydrogen-bond acceptors (Lipinski definition) is 8. The maximum Gasteiger partial charge on any atom is 0.127 e. The van der Waals surface area contributed by atoms with Crippen molar-refractivity contribution >= 4 is 15.9 Å². The Hall–Kier alpha value is 0.160. The highest BCUT2D eigenvalue weighted by molar-refractivity contribution is 9.09. The van der Waals surface area contributed by atoms with Crippen LogP contribution in [0.4, 0.5) is 0 Å². The van der Waals surface area contributed by atoms with Crippen LogP contribution < -0.4 is 0 Å². The third-order valence-corrected chi connectivity index (χ3v) is 7.45. The second-order valence-corrected chi connectivity index (χ2v) is 8.86. The zero-order valence-electron chi connectivity index (χ0n) is 12.2. The largest absolute Gasteiger partial charge is 0.387 e. The van der Waals surface area contributed by atoms with Gasteiger partial charge in [0.1, 0.15) is 41.2 Å². The summed E-state index contributed by atoms with van der Waals surface area (Å²) in [6.07, 6.45) is -8.00. The summed E-state index contributed by atoms with van der Waals surface area (Å²) in [5.41, 5.74) is -7.36. The molecule has 0 aromatic rings. The van der Waals surface area contributed by atoms with E-state index in [0.29, 0.717) is 6.42 Å². The maximum atomic E-state index is 11.0. The molecule has 0 amide bonds. The Labute approximate surface area is 140 Å². The van der Waals surface area contributed by atoms with Crippen molar-refractivity contribution < 1.29 is 40.5 Å². The molecular formula is C14H21BrO8. The first-order valence-electron chi connectivity index (χ1n) is 7.71. The minimum Gasteiger partial charge on any atom is -0.387 e. The van der Waals surface area contributed by atoms with E-state index in [2.05, 4.69) is 15.9 Å². The van der Waals surface area contributed by atoms with Crippen molar-refractivity contribution in [3.63, 3.8) is 0 Å². The van der Waals surface area contributed by atoms with Gasteiger partial charge in [0.25, 0.3) is 0 Å². The van der Waals surface area contributed by atoms with Crippen LogP contribution >= 0.6 is 15.9 Å². The molecule has 2 saturated heterocycles. The second-order valence-electron chi connectivity index (χ2n) is 7.68. The molecule has 4 fully saturated rings. The van der Waals surface area contributed by atoms with Crippen LogP contribution in [0.2, 0.25) is 0 Å². The molecule has 8 nitrogen and oxygen atoms in total. The van der Waals surface area contributed by atoms with Crippen LogP contribution in [0.3, 0.4) is 0 Å². The lowest BCUT2D eigenvalue weighted by atomic mass is 9.50. The van der Waals surface area contributed by atoms with Gasteiger partial charge in [-0.2, -0.15) is 0 Å². The molecule has 10 atom stereocenters. The molecule has 7 N–H and O–H groups in total. The van der Waals surface area contributed by atoms with Gasteiger partial charge in [0, 0.05) is 24.1 Å². The quantitative estimate of drug-likeness (QED) is 0.216. The summed E-state index contributed by atoms with van der Waals surface area (Å²) in [6.45, 7) is 0. The smallest absolute Gasteiger partial charge is 0.127 e. The molecule has 4 rings (SSSR count). The summed E-state index contributed by atoms with van der Waals surface area (Å²) < 4.78 is 5.88. The molecule has 4 aliphatic rings. The SMILES string of the molecule is O[C@@H]1[C@H](O)[C@@H](O)[C@@]2(O)C[C@@]3(O)C[C@H]4O[C@@]3(C[C@@H]4Br)C[C@]2(O)[C@H]1O. The van der Waals surface area contributed by atoms with Crippen LogP contribution in [0, 0.1) is 0 Å². The number of halogens is 1. The standard InChI is InChI=1S/C14H21BrO8/c15-5-1-12-4-14(22)10(19)8(17)7(16)9(18)13(14,21)3-11(12,20)2-6(5)23-12/h5-10,16-22H,1-4H2/t5-,6+,7-,8+,9+,10-,11-,12-,13-,14-/m0/s1. The fourth-order valence-electron chi connectivity index (χ4n) is 5.20. The molecule has 0 unspecified atom stereocenters. The zero-order chi connectivity index (χ0) is 17.0. The molecular weight excluding hydrogens is 376 g/mol. The summed E-state index contributed by atoms with van der Waals surface area (Å²) in [6, 6.07) is 0. The van der Waals surface area contributed by atoms with Crippen molar-refractivity contribution in [1.82, 2.24) is 0 Å². The Bertz CT molecular complexity index is 543. The van der Waals surface area contributed by atoms with Gasteiger partial charge in [-0.05, 0) is 6.42 Å². The van der Waals surface area contributed by atoms with Gasteiger partial charge < -0.3 is 40.5 Å². The lowest BCUT2D eigenvalue weighted by Gasteiger charge is -2.63. The molecule has 1 spiro atoms. The Morgan fingerprint density at radius 1 is 0.826 bits per heavy atom. The minimum atomic E-state index is -2.36. The van der Waals surface area contributed by atoms with Crippen molar-refractivity contribution in [3.05, 3.63) is 0 Å². The molecule has 132 valence electrons. The van der Waals surface area contributed by atoms with Gasteiger partial charge in [0.15, 0.2) is 0 Å². The lowest BCUT2D eigenvalue weighted by molar-refractivity contribution is -0.359. The van der Waals surface area contributed by atoms with E-state index in [1.165, 1.54) is 0 Å². The average Bonchev–Trinajstić information content (AvgIpc) is 2.92. The van der Waals surface area contributed by atoms with Crippen LogP contribution in [-0.4, -0.2) is 93.5 Å². The van der Waals surface area contributed by atoms with Gasteiger partial charge in [-0.3, -0.25) is 0 Å². The Balaban J connectivity index is 1.82. The molecule has 2 aliphatic carbocycles. The first-order chi connectivity index (χ1) is 10.5. The molecule has 2 saturated carbocycles. The maximum absolute atomic E-state index is 11.0. The third kappa shape index (κ3) is 1.68. The summed E-state index contributed by atoms with van der Waals surface area (Å²) in [5.74, 6) is 0. The molecule has 0 aromatic heterocycles. The van der Waals surface area contributed by atoms with E-state index in [9.17, 15) is 35.7 Å². The van der Waals surface area contributed by atoms with Gasteiger partial charge in [-0.15, -0.1) is 0 Å². The second kappa shape index (κ2) is 4.46. The monoisotopic (exact) mass is 396 g/mol. The highest BCUT2D eigenvalue weighted by Gasteiger charge is 2.79. The Morgan fingerprint density at radius 2 is 1.35 bits per heavy atom. The topological polar surface area (TPSA) is 151 Å². The fourth-order valence-corrected chi connectivity index (χ4v) is 6.02. The predicted molar refractivity (Wildman–Crippen MR) is 77.7 cm³/mol. The first kappa shape index (κ1) is 16.6. The van der Waals surface area contributed by atoms with Crippen LogP contribution in [0.1, 0.15) is 25.7 Å². The summed E-state index contributed by atoms with van der Waals surface area (Å²) in [7, 11) is 0. The Morgan fingerprint density at radius 3 is 1.87 bits per heavy atom. The van der Waals surface area contributed by atoms with E-state index < -0.39 is 53.2 Å². The minimum absolute atomic E-state index is 0.0289. The van der Waals surface area contributed by atoms with E-state index >= 15 is 0 Å². The lowest BCUT2D eigenvalue weighted by Crippen LogP contribution is -2.83. The Kier molecular flexibility index (Phi) is 3.22. The predicted octanol–water partition coefficient (Wildman–Crippen LogP) is -2.87. The van der Waals surface area contributed by atoms with Gasteiger partial charge in [0.05, 0.1) is 11.7 Å². The van der Waals surface area contributed by atoms with Crippen LogP contribution in [0.15, 0.2) is 0 Å². The van der Waals surface area contributed by atoms with E-state index in [-0.39, 0.29) is 23.8 Å². The number of aliphatic hydroxyl groups excluding tert-OH is 4. The van der Waals surface area contributed by atoms with E-state index in [0.717, 1.165) is 0 Å². The van der Waals surface area contributed by atoms with Crippen molar-refractivity contribution in [2.24, 2.45) is 0 Å². The van der Waals surface area contributed by atoms with E-state index in [1.54, 1.807) is 0 Å². The van der Waals surface area contributed by atoms with Crippen LogP contribution in [-0.2, 0) is 4.74 Å². The highest BCUT2D eigenvalue weighted by Crippen LogP contribution is 2.64. The molecule has 2 bridgehead atoms. The van der Waals surface area contributed by atoms with E-state index in [1.807, 2.05) is 0 Å². The van der Waals surface area contributed by atoms with Crippen LogP contribution in [0.25, 0.3) is 0 Å². The van der Waals surface area contributed by atoms with Gasteiger partial charge in [-0.25, -0.2) is 0 Å². The van der Waals surface area contributed by atoms with Gasteiger partial charge >= 0.3 is 0 Å². The summed E-state index contributed by atoms with van der Waals surface area (Å²) in [4.78, 5) is -0.0289. The van der Waals surface area contributed by atoms with E-state index in [4.69, 9.17) is 4.74 Å². The van der Waals surface area contributed by atoms with Crippen molar-refractivity contribution in [1.29, 1.82) is 0 Å². The first-order valence-corrected chi connectivity index (χ1v) is 8.63.